The van der Waals surface area contributed by atoms with E-state index in [9.17, 15) is 23.3 Å². The van der Waals surface area contributed by atoms with E-state index in [1.165, 1.54) is 35.2 Å². The first-order valence-electron chi connectivity index (χ1n) is 9.16. The Morgan fingerprint density at radius 3 is 2.59 bits per heavy atom. The number of carbonyl (C=O) groups is 1. The molecule has 0 aliphatic heterocycles. The number of nitrogens with one attached hydrogen (secondary N) is 1. The zero-order chi connectivity index (χ0) is 23.3. The minimum Gasteiger partial charge on any atom is -0.299 e. The predicted molar refractivity (Wildman–Crippen MR) is 125 cm³/mol. The van der Waals surface area contributed by atoms with Gasteiger partial charge in [-0.05, 0) is 18.1 Å². The molecule has 0 saturated heterocycles. The molecule has 0 saturated carbocycles. The van der Waals surface area contributed by atoms with Crippen molar-refractivity contribution in [3.05, 3.63) is 69.8 Å². The first kappa shape index (κ1) is 23.6. The molecule has 13 heteroatoms. The van der Waals surface area contributed by atoms with E-state index in [0.717, 1.165) is 22.2 Å². The Morgan fingerprint density at radius 1 is 1.22 bits per heavy atom. The van der Waals surface area contributed by atoms with Crippen LogP contribution in [-0.4, -0.2) is 42.2 Å². The Morgan fingerprint density at radius 2 is 1.94 bits per heavy atom. The average molecular weight is 494 g/mol. The molecular formula is C19H19N5O5S3. The quantitative estimate of drug-likeness (QED) is 0.207. The van der Waals surface area contributed by atoms with Gasteiger partial charge in [0.15, 0.2) is 4.34 Å². The van der Waals surface area contributed by atoms with Gasteiger partial charge in [0.1, 0.15) is 6.54 Å². The maximum Gasteiger partial charge on any atom is 0.271 e. The van der Waals surface area contributed by atoms with Crippen molar-refractivity contribution in [3.8, 4) is 0 Å². The molecule has 0 aliphatic carbocycles. The van der Waals surface area contributed by atoms with Crippen molar-refractivity contribution >= 4 is 55.5 Å². The zero-order valence-corrected chi connectivity index (χ0v) is 19.5. The van der Waals surface area contributed by atoms with Crippen LogP contribution in [0.25, 0.3) is 0 Å². The molecule has 1 amide bonds. The number of thioether (sulfide) groups is 1. The van der Waals surface area contributed by atoms with Gasteiger partial charge in [0.2, 0.25) is 21.1 Å². The molecule has 0 fully saturated rings. The number of non-ortho nitro benzene ring substituents is 1. The lowest BCUT2D eigenvalue weighted by Gasteiger charge is -2.23. The highest BCUT2D eigenvalue weighted by atomic mass is 32.2. The van der Waals surface area contributed by atoms with Crippen molar-refractivity contribution in [2.75, 3.05) is 22.4 Å². The van der Waals surface area contributed by atoms with E-state index < -0.39 is 27.4 Å². The van der Waals surface area contributed by atoms with Crippen LogP contribution in [0.3, 0.4) is 0 Å². The van der Waals surface area contributed by atoms with Crippen LogP contribution in [0.15, 0.2) is 52.9 Å². The maximum absolute atomic E-state index is 12.5. The third-order valence-corrected chi connectivity index (χ3v) is 7.39. The molecule has 1 heterocycles. The van der Waals surface area contributed by atoms with Crippen LogP contribution in [0.2, 0.25) is 0 Å². The number of benzene rings is 2. The molecule has 0 bridgehead atoms. The number of aryl methyl sites for hydroxylation is 1. The van der Waals surface area contributed by atoms with Crippen molar-refractivity contribution in [1.82, 2.24) is 10.2 Å². The van der Waals surface area contributed by atoms with E-state index in [4.69, 9.17) is 0 Å². The molecule has 0 spiro atoms. The number of anilines is 2. The minimum absolute atomic E-state index is 0.0632. The summed E-state index contributed by atoms with van der Waals surface area (Å²) in [6.45, 7) is 1.04. The van der Waals surface area contributed by atoms with E-state index in [0.29, 0.717) is 15.7 Å². The average Bonchev–Trinajstić information content (AvgIpc) is 3.18. The van der Waals surface area contributed by atoms with Crippen LogP contribution in [0.5, 0.6) is 0 Å². The second kappa shape index (κ2) is 10.1. The Bertz CT molecular complexity index is 1230. The van der Waals surface area contributed by atoms with Crippen LogP contribution in [-0.2, 0) is 20.6 Å². The number of hydrogen-bond donors (Lipinski definition) is 1. The first-order chi connectivity index (χ1) is 15.1. The molecule has 0 unspecified atom stereocenters. The van der Waals surface area contributed by atoms with Gasteiger partial charge < -0.3 is 0 Å². The number of sulfonamides is 1. The molecule has 0 atom stereocenters. The number of amides is 1. The van der Waals surface area contributed by atoms with Gasteiger partial charge in [-0.25, -0.2) is 8.42 Å². The highest BCUT2D eigenvalue weighted by molar-refractivity contribution is 8.00. The Labute approximate surface area is 192 Å². The Kier molecular flexibility index (Phi) is 7.43. The highest BCUT2D eigenvalue weighted by Crippen LogP contribution is 2.29. The summed E-state index contributed by atoms with van der Waals surface area (Å²) in [5.41, 5.74) is 1.39. The summed E-state index contributed by atoms with van der Waals surface area (Å²) in [6.07, 6.45) is 0.932. The molecular weight excluding hydrogens is 474 g/mol. The molecule has 1 aromatic heterocycles. The summed E-state index contributed by atoms with van der Waals surface area (Å²) in [4.78, 5) is 23.0. The molecule has 32 heavy (non-hydrogen) atoms. The molecule has 2 aromatic carbocycles. The van der Waals surface area contributed by atoms with Gasteiger partial charge >= 0.3 is 0 Å². The fourth-order valence-electron chi connectivity index (χ4n) is 2.69. The summed E-state index contributed by atoms with van der Waals surface area (Å²) < 4.78 is 26.1. The topological polar surface area (TPSA) is 135 Å². The zero-order valence-electron chi connectivity index (χ0n) is 17.1. The Hall–Kier alpha value is -3.03. The summed E-state index contributed by atoms with van der Waals surface area (Å²) in [5.74, 6) is 0.0502. The van der Waals surface area contributed by atoms with Crippen molar-refractivity contribution < 1.29 is 18.1 Å². The Balaban J connectivity index is 1.70. The number of nitro benzene ring substituents is 1. The molecule has 0 radical (unpaired) electrons. The van der Waals surface area contributed by atoms with Crippen LogP contribution in [0, 0.1) is 17.0 Å². The number of nitro groups is 1. The number of rotatable bonds is 9. The van der Waals surface area contributed by atoms with Crippen LogP contribution < -0.4 is 9.62 Å². The molecule has 0 aliphatic rings. The molecule has 168 valence electrons. The summed E-state index contributed by atoms with van der Waals surface area (Å²) in [7, 11) is -3.89. The first-order valence-corrected chi connectivity index (χ1v) is 12.8. The molecule has 3 aromatic rings. The largest absolute Gasteiger partial charge is 0.299 e. The smallest absolute Gasteiger partial charge is 0.271 e. The van der Waals surface area contributed by atoms with Gasteiger partial charge in [0.25, 0.3) is 5.69 Å². The normalized spacial score (nSPS) is 11.2. The number of nitrogens with zero attached hydrogens (tertiary/aromatic N) is 4. The van der Waals surface area contributed by atoms with Gasteiger partial charge in [-0.2, -0.15) is 0 Å². The van der Waals surface area contributed by atoms with Gasteiger partial charge in [0.05, 0.1) is 16.9 Å². The van der Waals surface area contributed by atoms with E-state index in [1.54, 1.807) is 6.92 Å². The molecule has 1 N–H and O–H groups in total. The highest BCUT2D eigenvalue weighted by Gasteiger charge is 2.25. The van der Waals surface area contributed by atoms with E-state index in [1.807, 2.05) is 30.3 Å². The van der Waals surface area contributed by atoms with Crippen molar-refractivity contribution in [2.24, 2.45) is 0 Å². The number of aromatic nitrogens is 2. The van der Waals surface area contributed by atoms with Gasteiger partial charge in [-0.3, -0.25) is 24.5 Å². The second-order valence-electron chi connectivity index (χ2n) is 6.69. The standard InChI is InChI=1S/C19H19N5O5S3/c1-13-8-9-15(24(26)27)10-16(13)23(32(2,28)29)11-17(25)20-18-21-22-19(31-18)30-12-14-6-4-3-5-7-14/h3-10H,11-12H2,1-2H3,(H,20,21,25). The number of hydrogen-bond acceptors (Lipinski definition) is 9. The number of carbonyl (C=O) groups excluding carboxylic acids is 1. The summed E-state index contributed by atoms with van der Waals surface area (Å²) >= 11 is 2.64. The third kappa shape index (κ3) is 6.24. The summed E-state index contributed by atoms with van der Waals surface area (Å²) in [6, 6.07) is 13.6. The maximum atomic E-state index is 12.5. The monoisotopic (exact) mass is 493 g/mol. The second-order valence-corrected chi connectivity index (χ2v) is 10.8. The van der Waals surface area contributed by atoms with E-state index in [-0.39, 0.29) is 16.5 Å². The van der Waals surface area contributed by atoms with E-state index in [2.05, 4.69) is 15.5 Å². The summed E-state index contributed by atoms with van der Waals surface area (Å²) in [5, 5.41) is 21.8. The van der Waals surface area contributed by atoms with Gasteiger partial charge in [-0.1, -0.05) is 59.5 Å². The molecule has 10 nitrogen and oxygen atoms in total. The van der Waals surface area contributed by atoms with Crippen LogP contribution >= 0.6 is 23.1 Å². The van der Waals surface area contributed by atoms with Crippen LogP contribution in [0.4, 0.5) is 16.5 Å². The SMILES string of the molecule is Cc1ccc([N+](=O)[O-])cc1N(CC(=O)Nc1nnc(SCc2ccccc2)s1)S(C)(=O)=O. The fraction of sp³-hybridized carbons (Fsp3) is 0.211. The van der Waals surface area contributed by atoms with Crippen molar-refractivity contribution in [2.45, 2.75) is 17.0 Å². The lowest BCUT2D eigenvalue weighted by molar-refractivity contribution is -0.384. The van der Waals surface area contributed by atoms with Crippen LogP contribution in [0.1, 0.15) is 11.1 Å². The van der Waals surface area contributed by atoms with Crippen molar-refractivity contribution in [3.63, 3.8) is 0 Å². The van der Waals surface area contributed by atoms with E-state index >= 15 is 0 Å². The third-order valence-electron chi connectivity index (χ3n) is 4.22. The lowest BCUT2D eigenvalue weighted by atomic mass is 10.2. The van der Waals surface area contributed by atoms with Gasteiger partial charge in [-0.15, -0.1) is 10.2 Å². The van der Waals surface area contributed by atoms with Crippen molar-refractivity contribution in [1.29, 1.82) is 0 Å². The lowest BCUT2D eigenvalue weighted by Crippen LogP contribution is -2.37. The molecule has 3 rings (SSSR count). The van der Waals surface area contributed by atoms with Gasteiger partial charge in [0, 0.05) is 17.9 Å². The predicted octanol–water partition coefficient (Wildman–Crippen LogP) is 3.45. The fourth-order valence-corrected chi connectivity index (χ4v) is 5.32. The minimum atomic E-state index is -3.89.